The van der Waals surface area contributed by atoms with Crippen molar-refractivity contribution in [2.24, 2.45) is 11.7 Å². The van der Waals surface area contributed by atoms with Crippen LogP contribution in [0.3, 0.4) is 0 Å². The van der Waals surface area contributed by atoms with Crippen LogP contribution in [0, 0.1) is 5.92 Å². The maximum absolute atomic E-state index is 11.2. The predicted octanol–water partition coefficient (Wildman–Crippen LogP) is 3.91. The van der Waals surface area contributed by atoms with E-state index in [1.54, 1.807) is 12.1 Å². The van der Waals surface area contributed by atoms with Crippen molar-refractivity contribution in [1.82, 2.24) is 9.88 Å². The van der Waals surface area contributed by atoms with Gasteiger partial charge in [-0.25, -0.2) is 4.98 Å². The Bertz CT molecular complexity index is 798. The fourth-order valence-electron chi connectivity index (χ4n) is 4.32. The van der Waals surface area contributed by atoms with Gasteiger partial charge < -0.3 is 10.5 Å². The smallest absolute Gasteiger partial charge is 0.250 e. The molecule has 2 N–H and O–H groups in total. The number of amides is 1. The lowest BCUT2D eigenvalue weighted by Gasteiger charge is -2.33. The molecule has 0 bridgehead atoms. The third-order valence-electron chi connectivity index (χ3n) is 5.78. The summed E-state index contributed by atoms with van der Waals surface area (Å²) in [4.78, 5) is 18.0. The Morgan fingerprint density at radius 2 is 2.04 bits per heavy atom. The molecular formula is C22H27N3O2. The van der Waals surface area contributed by atoms with Gasteiger partial charge >= 0.3 is 0 Å². The fraction of sp³-hybridized carbons (Fsp3) is 0.455. The Labute approximate surface area is 160 Å². The van der Waals surface area contributed by atoms with Crippen LogP contribution in [0.25, 0.3) is 0 Å². The first-order chi connectivity index (χ1) is 13.2. The van der Waals surface area contributed by atoms with Gasteiger partial charge in [-0.15, -0.1) is 0 Å². The topological polar surface area (TPSA) is 68.5 Å². The number of ether oxygens (including phenoxy) is 1. The number of fused-ring (bicyclic) bond motifs is 1. The molecule has 0 saturated heterocycles. The summed E-state index contributed by atoms with van der Waals surface area (Å²) < 4.78 is 6.01. The average Bonchev–Trinajstić information content (AvgIpc) is 2.69. The Hall–Kier alpha value is -2.40. The van der Waals surface area contributed by atoms with Crippen molar-refractivity contribution in [3.8, 4) is 11.6 Å². The first kappa shape index (κ1) is 18.0. The number of carbonyl (C=O) groups excluding carboxylic acids is 1. The molecule has 0 radical (unpaired) electrons. The molecule has 1 saturated carbocycles. The Morgan fingerprint density at radius 3 is 2.78 bits per heavy atom. The summed E-state index contributed by atoms with van der Waals surface area (Å²) in [5.74, 6) is 1.74. The second kappa shape index (κ2) is 8.09. The summed E-state index contributed by atoms with van der Waals surface area (Å²) in [6.07, 6.45) is 9.44. The summed E-state index contributed by atoms with van der Waals surface area (Å²) >= 11 is 0. The van der Waals surface area contributed by atoms with Gasteiger partial charge in [-0.1, -0.05) is 31.4 Å². The number of hydrogen-bond acceptors (Lipinski definition) is 4. The molecule has 142 valence electrons. The molecule has 2 aliphatic rings. The van der Waals surface area contributed by atoms with Gasteiger partial charge in [0.2, 0.25) is 11.8 Å². The highest BCUT2D eigenvalue weighted by atomic mass is 16.5. The van der Waals surface area contributed by atoms with Gasteiger partial charge in [0.05, 0.1) is 5.56 Å². The molecule has 2 aromatic rings. The molecule has 2 heterocycles. The van der Waals surface area contributed by atoms with Crippen LogP contribution in [0.1, 0.15) is 53.6 Å². The highest BCUT2D eigenvalue weighted by Gasteiger charge is 2.23. The second-order valence-electron chi connectivity index (χ2n) is 7.73. The van der Waals surface area contributed by atoms with Crippen LogP contribution in [0.15, 0.2) is 36.5 Å². The molecule has 27 heavy (non-hydrogen) atoms. The molecule has 5 nitrogen and oxygen atoms in total. The predicted molar refractivity (Wildman–Crippen MR) is 105 cm³/mol. The van der Waals surface area contributed by atoms with Gasteiger partial charge in [-0.3, -0.25) is 9.69 Å². The van der Waals surface area contributed by atoms with Crippen molar-refractivity contribution in [2.45, 2.75) is 45.1 Å². The number of aromatic nitrogens is 1. The molecule has 4 rings (SSSR count). The zero-order chi connectivity index (χ0) is 18.6. The van der Waals surface area contributed by atoms with Crippen molar-refractivity contribution in [1.29, 1.82) is 0 Å². The molecule has 5 heteroatoms. The highest BCUT2D eigenvalue weighted by molar-refractivity contribution is 5.92. The normalized spacial score (nSPS) is 18.1. The molecular weight excluding hydrogens is 338 g/mol. The van der Waals surface area contributed by atoms with Gasteiger partial charge in [-0.05, 0) is 42.9 Å². The van der Waals surface area contributed by atoms with Crippen molar-refractivity contribution in [2.75, 3.05) is 13.1 Å². The number of pyridine rings is 1. The first-order valence-electron chi connectivity index (χ1n) is 9.96. The van der Waals surface area contributed by atoms with E-state index in [0.717, 1.165) is 31.2 Å². The molecule has 0 unspecified atom stereocenters. The number of benzene rings is 1. The van der Waals surface area contributed by atoms with Gasteiger partial charge in [0.15, 0.2) is 0 Å². The largest absolute Gasteiger partial charge is 0.439 e. The lowest BCUT2D eigenvalue weighted by Crippen LogP contribution is -2.35. The molecule has 0 spiro atoms. The van der Waals surface area contributed by atoms with E-state index in [1.807, 2.05) is 6.07 Å². The number of hydrogen-bond donors (Lipinski definition) is 1. The third kappa shape index (κ3) is 4.30. The van der Waals surface area contributed by atoms with Crippen LogP contribution in [0.5, 0.6) is 11.6 Å². The maximum Gasteiger partial charge on any atom is 0.250 e. The van der Waals surface area contributed by atoms with Crippen LogP contribution >= 0.6 is 0 Å². The van der Waals surface area contributed by atoms with Gasteiger partial charge in [-0.2, -0.15) is 0 Å². The number of nitrogens with two attached hydrogens (primary N) is 1. The minimum Gasteiger partial charge on any atom is -0.439 e. The number of primary amides is 1. The lowest BCUT2D eigenvalue weighted by molar-refractivity contribution is 0.1000. The monoisotopic (exact) mass is 365 g/mol. The number of carbonyl (C=O) groups is 1. The SMILES string of the molecule is NC(=O)c1ccc(Oc2cccc3c2CCN(CC2CCCCC2)C3)nc1. The standard InChI is InChI=1S/C22H27N3O2/c23-22(26)17-9-10-21(24-13-17)27-20-8-4-7-18-15-25(12-11-19(18)20)14-16-5-2-1-3-6-16/h4,7-10,13,16H,1-3,5-6,11-12,14-15H2,(H2,23,26). The minimum absolute atomic E-state index is 0.385. The quantitative estimate of drug-likeness (QED) is 0.872. The van der Waals surface area contributed by atoms with Crippen molar-refractivity contribution >= 4 is 5.91 Å². The lowest BCUT2D eigenvalue weighted by atomic mass is 9.88. The zero-order valence-electron chi connectivity index (χ0n) is 15.7. The number of rotatable bonds is 5. The summed E-state index contributed by atoms with van der Waals surface area (Å²) in [5, 5.41) is 0. The molecule has 1 amide bonds. The van der Waals surface area contributed by atoms with Gasteiger partial charge in [0, 0.05) is 37.5 Å². The second-order valence-corrected chi connectivity index (χ2v) is 7.73. The van der Waals surface area contributed by atoms with Crippen LogP contribution < -0.4 is 10.5 Å². The van der Waals surface area contributed by atoms with E-state index in [1.165, 1.54) is 56.0 Å². The molecule has 1 fully saturated rings. The Balaban J connectivity index is 1.44. The Kier molecular flexibility index (Phi) is 5.39. The molecule has 1 aromatic heterocycles. The Morgan fingerprint density at radius 1 is 1.19 bits per heavy atom. The van der Waals surface area contributed by atoms with Crippen molar-refractivity contribution < 1.29 is 9.53 Å². The molecule has 1 aliphatic heterocycles. The highest BCUT2D eigenvalue weighted by Crippen LogP contribution is 2.32. The summed E-state index contributed by atoms with van der Waals surface area (Å²) in [6.45, 7) is 3.30. The van der Waals surface area contributed by atoms with Crippen molar-refractivity contribution in [3.63, 3.8) is 0 Å². The molecule has 0 atom stereocenters. The van der Waals surface area contributed by atoms with E-state index in [-0.39, 0.29) is 0 Å². The van der Waals surface area contributed by atoms with Gasteiger partial charge in [0.1, 0.15) is 5.75 Å². The maximum atomic E-state index is 11.2. The van der Waals surface area contributed by atoms with Crippen LogP contribution in [-0.2, 0) is 13.0 Å². The van der Waals surface area contributed by atoms with Crippen LogP contribution in [0.4, 0.5) is 0 Å². The van der Waals surface area contributed by atoms with E-state index >= 15 is 0 Å². The zero-order valence-corrected chi connectivity index (χ0v) is 15.7. The van der Waals surface area contributed by atoms with E-state index in [9.17, 15) is 4.79 Å². The molecule has 1 aliphatic carbocycles. The van der Waals surface area contributed by atoms with Crippen LogP contribution in [-0.4, -0.2) is 28.9 Å². The van der Waals surface area contributed by atoms with E-state index in [2.05, 4.69) is 22.0 Å². The van der Waals surface area contributed by atoms with Crippen molar-refractivity contribution in [3.05, 3.63) is 53.2 Å². The fourth-order valence-corrected chi connectivity index (χ4v) is 4.32. The summed E-state index contributed by atoms with van der Waals surface area (Å²) in [5.41, 5.74) is 8.27. The van der Waals surface area contributed by atoms with E-state index < -0.39 is 5.91 Å². The summed E-state index contributed by atoms with van der Waals surface area (Å²) in [7, 11) is 0. The van der Waals surface area contributed by atoms with E-state index in [4.69, 9.17) is 10.5 Å². The molecule has 1 aromatic carbocycles. The minimum atomic E-state index is -0.482. The van der Waals surface area contributed by atoms with E-state index in [0.29, 0.717) is 11.4 Å². The summed E-state index contributed by atoms with van der Waals surface area (Å²) in [6, 6.07) is 9.60. The van der Waals surface area contributed by atoms with Gasteiger partial charge in [0.25, 0.3) is 0 Å². The third-order valence-corrected chi connectivity index (χ3v) is 5.78. The average molecular weight is 365 g/mol. The number of nitrogens with zero attached hydrogens (tertiary/aromatic N) is 2. The van der Waals surface area contributed by atoms with Crippen LogP contribution in [0.2, 0.25) is 0 Å². The first-order valence-corrected chi connectivity index (χ1v) is 9.96.